The van der Waals surface area contributed by atoms with Crippen LogP contribution in [0.15, 0.2) is 46.9 Å². The molecule has 0 aliphatic carbocycles. The summed E-state index contributed by atoms with van der Waals surface area (Å²) >= 11 is 0. The number of nitrogens with two attached hydrogens (primary N) is 1. The van der Waals surface area contributed by atoms with Gasteiger partial charge in [-0.15, -0.1) is 12.4 Å². The molecule has 1 amide bonds. The molecule has 0 saturated carbocycles. The van der Waals surface area contributed by atoms with Crippen molar-refractivity contribution in [2.75, 3.05) is 25.1 Å². The summed E-state index contributed by atoms with van der Waals surface area (Å²) in [6.07, 6.45) is 1.31. The van der Waals surface area contributed by atoms with E-state index < -0.39 is 5.41 Å². The van der Waals surface area contributed by atoms with Gasteiger partial charge in [0.1, 0.15) is 11.2 Å². The Bertz CT molecular complexity index is 900. The van der Waals surface area contributed by atoms with Gasteiger partial charge in [0, 0.05) is 42.3 Å². The number of ether oxygens (including phenoxy) is 1. The molecule has 0 radical (unpaired) electrons. The molecule has 0 unspecified atom stereocenters. The average molecular weight is 361 g/mol. The number of fused-ring (bicyclic) bond motifs is 3. The predicted molar refractivity (Wildman–Crippen MR) is 101 cm³/mol. The van der Waals surface area contributed by atoms with Crippen molar-refractivity contribution in [1.82, 2.24) is 0 Å². The van der Waals surface area contributed by atoms with Gasteiger partial charge in [-0.2, -0.15) is 0 Å². The third kappa shape index (κ3) is 3.11. The predicted octanol–water partition coefficient (Wildman–Crippen LogP) is 3.70. The van der Waals surface area contributed by atoms with Crippen LogP contribution < -0.4 is 11.1 Å². The molecule has 0 spiro atoms. The van der Waals surface area contributed by atoms with Gasteiger partial charge in [0.2, 0.25) is 5.91 Å². The summed E-state index contributed by atoms with van der Waals surface area (Å²) < 4.78 is 11.2. The number of hydrogen-bond acceptors (Lipinski definition) is 4. The molecule has 3 aromatic rings. The van der Waals surface area contributed by atoms with Crippen molar-refractivity contribution in [1.29, 1.82) is 0 Å². The number of carbonyl (C=O) groups is 1. The molecule has 1 aromatic heterocycles. The number of rotatable bonds is 3. The number of anilines is 1. The Kier molecular flexibility index (Phi) is 4.99. The fraction of sp³-hybridized carbons (Fsp3) is 0.316. The van der Waals surface area contributed by atoms with Gasteiger partial charge in [0.15, 0.2) is 0 Å². The van der Waals surface area contributed by atoms with Crippen LogP contribution >= 0.6 is 12.4 Å². The summed E-state index contributed by atoms with van der Waals surface area (Å²) in [6.45, 7) is 1.48. The maximum atomic E-state index is 12.8. The quantitative estimate of drug-likeness (QED) is 0.746. The second-order valence-electron chi connectivity index (χ2n) is 6.36. The van der Waals surface area contributed by atoms with Crippen LogP contribution in [0.1, 0.15) is 12.8 Å². The first-order valence-corrected chi connectivity index (χ1v) is 8.22. The number of hydrogen-bond donors (Lipinski definition) is 2. The Labute approximate surface area is 151 Å². The van der Waals surface area contributed by atoms with E-state index in [0.717, 1.165) is 27.6 Å². The van der Waals surface area contributed by atoms with E-state index in [1.165, 1.54) is 0 Å². The van der Waals surface area contributed by atoms with Crippen LogP contribution in [0.2, 0.25) is 0 Å². The second kappa shape index (κ2) is 7.04. The number of halogens is 1. The molecular weight excluding hydrogens is 340 g/mol. The normalized spacial score (nSPS) is 16.5. The molecule has 5 nitrogen and oxygen atoms in total. The number of nitrogens with one attached hydrogen (secondary N) is 1. The lowest BCUT2D eigenvalue weighted by atomic mass is 9.79. The van der Waals surface area contributed by atoms with Gasteiger partial charge in [-0.3, -0.25) is 4.79 Å². The first-order valence-electron chi connectivity index (χ1n) is 8.22. The van der Waals surface area contributed by atoms with Gasteiger partial charge in [-0.1, -0.05) is 18.2 Å². The maximum Gasteiger partial charge on any atom is 0.232 e. The molecule has 2 aromatic carbocycles. The highest BCUT2D eigenvalue weighted by atomic mass is 35.5. The molecule has 0 bridgehead atoms. The fourth-order valence-corrected chi connectivity index (χ4v) is 3.35. The monoisotopic (exact) mass is 360 g/mol. The lowest BCUT2D eigenvalue weighted by Gasteiger charge is -2.34. The summed E-state index contributed by atoms with van der Waals surface area (Å²) in [5.74, 6) is -0.0382. The van der Waals surface area contributed by atoms with Crippen LogP contribution in [0, 0.1) is 5.41 Å². The largest absolute Gasteiger partial charge is 0.456 e. The highest BCUT2D eigenvalue weighted by molar-refractivity contribution is 6.06. The minimum atomic E-state index is -0.541. The minimum absolute atomic E-state index is 0. The highest BCUT2D eigenvalue weighted by Crippen LogP contribution is 2.33. The van der Waals surface area contributed by atoms with Crippen molar-refractivity contribution in [3.05, 3.63) is 42.5 Å². The Morgan fingerprint density at radius 2 is 1.80 bits per heavy atom. The van der Waals surface area contributed by atoms with Crippen LogP contribution in [0.5, 0.6) is 0 Å². The van der Waals surface area contributed by atoms with Gasteiger partial charge >= 0.3 is 0 Å². The third-order valence-electron chi connectivity index (χ3n) is 4.96. The lowest BCUT2D eigenvalue weighted by Crippen LogP contribution is -2.46. The molecule has 1 saturated heterocycles. The smallest absolute Gasteiger partial charge is 0.232 e. The van der Waals surface area contributed by atoms with E-state index in [1.807, 2.05) is 42.5 Å². The van der Waals surface area contributed by atoms with E-state index in [-0.39, 0.29) is 18.3 Å². The fourth-order valence-electron chi connectivity index (χ4n) is 3.35. The van der Waals surface area contributed by atoms with Crippen molar-refractivity contribution in [3.63, 3.8) is 0 Å². The summed E-state index contributed by atoms with van der Waals surface area (Å²) in [7, 11) is 0. The van der Waals surface area contributed by atoms with Crippen LogP contribution in [-0.2, 0) is 9.53 Å². The zero-order valence-corrected chi connectivity index (χ0v) is 14.6. The van der Waals surface area contributed by atoms with Crippen LogP contribution in [0.25, 0.3) is 21.9 Å². The number of furan rings is 1. The van der Waals surface area contributed by atoms with E-state index in [9.17, 15) is 4.79 Å². The standard InChI is InChI=1S/C19H20N2O3.ClH/c20-12-19(7-9-23-10-8-19)18(22)21-13-5-6-15-14-3-1-2-4-16(14)24-17(15)11-13;/h1-6,11H,7-10,12,20H2,(H,21,22);1H. The van der Waals surface area contributed by atoms with Crippen LogP contribution in [-0.4, -0.2) is 25.7 Å². The summed E-state index contributed by atoms with van der Waals surface area (Å²) in [4.78, 5) is 12.8. The third-order valence-corrected chi connectivity index (χ3v) is 4.96. The molecule has 3 N–H and O–H groups in total. The molecule has 6 heteroatoms. The lowest BCUT2D eigenvalue weighted by molar-refractivity contribution is -0.130. The molecule has 1 aliphatic heterocycles. The van der Waals surface area contributed by atoms with E-state index in [1.54, 1.807) is 0 Å². The molecule has 2 heterocycles. The average Bonchev–Trinajstić information content (AvgIpc) is 3.00. The van der Waals surface area contributed by atoms with E-state index in [2.05, 4.69) is 5.32 Å². The molecule has 0 atom stereocenters. The first-order chi connectivity index (χ1) is 11.7. The van der Waals surface area contributed by atoms with Gasteiger partial charge in [-0.05, 0) is 31.0 Å². The summed E-state index contributed by atoms with van der Waals surface area (Å²) in [5.41, 5.74) is 7.70. The zero-order valence-electron chi connectivity index (χ0n) is 13.8. The Morgan fingerprint density at radius 1 is 1.08 bits per heavy atom. The topological polar surface area (TPSA) is 77.5 Å². The summed E-state index contributed by atoms with van der Waals surface area (Å²) in [5, 5.41) is 5.13. The summed E-state index contributed by atoms with van der Waals surface area (Å²) in [6, 6.07) is 13.7. The molecule has 1 aliphatic rings. The van der Waals surface area contributed by atoms with E-state index >= 15 is 0 Å². The maximum absolute atomic E-state index is 12.8. The van der Waals surface area contributed by atoms with E-state index in [0.29, 0.717) is 32.6 Å². The molecule has 132 valence electrons. The van der Waals surface area contributed by atoms with Gasteiger partial charge in [-0.25, -0.2) is 0 Å². The van der Waals surface area contributed by atoms with Gasteiger partial charge < -0.3 is 20.2 Å². The number of para-hydroxylation sites is 1. The van der Waals surface area contributed by atoms with Gasteiger partial charge in [0.05, 0.1) is 5.41 Å². The SMILES string of the molecule is Cl.NCC1(C(=O)Nc2ccc3c(c2)oc2ccccc23)CCOCC1. The number of amides is 1. The highest BCUT2D eigenvalue weighted by Gasteiger charge is 2.38. The van der Waals surface area contributed by atoms with Crippen LogP contribution in [0.3, 0.4) is 0 Å². The van der Waals surface area contributed by atoms with Crippen molar-refractivity contribution in [3.8, 4) is 0 Å². The molecule has 25 heavy (non-hydrogen) atoms. The Hall–Kier alpha value is -2.08. The number of carbonyl (C=O) groups excluding carboxylic acids is 1. The van der Waals surface area contributed by atoms with E-state index in [4.69, 9.17) is 14.9 Å². The van der Waals surface area contributed by atoms with Crippen molar-refractivity contribution in [2.24, 2.45) is 11.1 Å². The molecular formula is C19H21ClN2O3. The molecule has 4 rings (SSSR count). The Morgan fingerprint density at radius 3 is 2.56 bits per heavy atom. The second-order valence-corrected chi connectivity index (χ2v) is 6.36. The first kappa shape index (κ1) is 17.7. The van der Waals surface area contributed by atoms with Crippen molar-refractivity contribution in [2.45, 2.75) is 12.8 Å². The van der Waals surface area contributed by atoms with Crippen LogP contribution in [0.4, 0.5) is 5.69 Å². The Balaban J connectivity index is 0.00000182. The zero-order chi connectivity index (χ0) is 16.6. The number of benzene rings is 2. The molecule has 1 fully saturated rings. The minimum Gasteiger partial charge on any atom is -0.456 e. The van der Waals surface area contributed by atoms with Crippen molar-refractivity contribution >= 4 is 45.9 Å². The van der Waals surface area contributed by atoms with Crippen molar-refractivity contribution < 1.29 is 13.9 Å². The van der Waals surface area contributed by atoms with Gasteiger partial charge in [0.25, 0.3) is 0 Å².